The van der Waals surface area contributed by atoms with Crippen molar-refractivity contribution in [3.05, 3.63) is 53.6 Å². The van der Waals surface area contributed by atoms with Crippen molar-refractivity contribution in [2.45, 2.75) is 20.3 Å². The summed E-state index contributed by atoms with van der Waals surface area (Å²) >= 11 is 0. The molecule has 0 aliphatic carbocycles. The van der Waals surface area contributed by atoms with E-state index in [1.54, 1.807) is 49.6 Å². The number of rotatable bonds is 8. The molecule has 6 nitrogen and oxygen atoms in total. The molecule has 0 saturated carbocycles. The maximum atomic E-state index is 12.8. The fourth-order valence-electron chi connectivity index (χ4n) is 2.38. The highest BCUT2D eigenvalue weighted by molar-refractivity contribution is 6.10. The molecule has 0 saturated heterocycles. The number of carbonyl (C=O) groups excluding carboxylic acids is 2. The van der Waals surface area contributed by atoms with Crippen molar-refractivity contribution in [3.8, 4) is 11.5 Å². The molecule has 2 amide bonds. The van der Waals surface area contributed by atoms with Gasteiger partial charge in [0.1, 0.15) is 11.5 Å². The van der Waals surface area contributed by atoms with Gasteiger partial charge in [0.05, 0.1) is 30.5 Å². The lowest BCUT2D eigenvalue weighted by molar-refractivity contribution is 0.0956. The Kier molecular flexibility index (Phi) is 7.02. The van der Waals surface area contributed by atoms with Crippen molar-refractivity contribution < 1.29 is 19.1 Å². The van der Waals surface area contributed by atoms with Crippen LogP contribution in [0.4, 0.5) is 5.69 Å². The number of carbonyl (C=O) groups is 2. The van der Waals surface area contributed by atoms with Gasteiger partial charge in [-0.1, -0.05) is 19.1 Å². The van der Waals surface area contributed by atoms with Gasteiger partial charge in [0.25, 0.3) is 11.8 Å². The maximum absolute atomic E-state index is 12.8. The van der Waals surface area contributed by atoms with Gasteiger partial charge in [-0.05, 0) is 37.6 Å². The van der Waals surface area contributed by atoms with E-state index in [4.69, 9.17) is 9.47 Å². The van der Waals surface area contributed by atoms with Crippen molar-refractivity contribution in [2.75, 3.05) is 25.6 Å². The third-order valence-corrected chi connectivity index (χ3v) is 3.65. The molecule has 0 fully saturated rings. The van der Waals surface area contributed by atoms with Gasteiger partial charge >= 0.3 is 0 Å². The Balaban J connectivity index is 2.29. The predicted molar refractivity (Wildman–Crippen MR) is 101 cm³/mol. The zero-order chi connectivity index (χ0) is 18.9. The number of ether oxygens (including phenoxy) is 2. The van der Waals surface area contributed by atoms with Gasteiger partial charge in [-0.15, -0.1) is 0 Å². The Morgan fingerprint density at radius 2 is 1.77 bits per heavy atom. The number of amides is 2. The molecule has 0 aliphatic heterocycles. The van der Waals surface area contributed by atoms with Crippen molar-refractivity contribution >= 4 is 17.5 Å². The molecule has 0 aliphatic rings. The van der Waals surface area contributed by atoms with Gasteiger partial charge in [0.15, 0.2) is 0 Å². The molecular weight excluding hydrogens is 332 g/mol. The molecule has 26 heavy (non-hydrogen) atoms. The van der Waals surface area contributed by atoms with E-state index in [9.17, 15) is 9.59 Å². The molecule has 2 rings (SSSR count). The van der Waals surface area contributed by atoms with E-state index in [2.05, 4.69) is 10.6 Å². The van der Waals surface area contributed by atoms with Crippen molar-refractivity contribution in [1.82, 2.24) is 5.32 Å². The SMILES string of the molecule is CCCOc1cc(OC)ccc1C(=O)Nc1ccccc1C(=O)NCC. The van der Waals surface area contributed by atoms with Crippen LogP contribution in [0.25, 0.3) is 0 Å². The van der Waals surface area contributed by atoms with Crippen LogP contribution in [-0.4, -0.2) is 32.1 Å². The summed E-state index contributed by atoms with van der Waals surface area (Å²) in [7, 11) is 1.56. The van der Waals surface area contributed by atoms with Crippen LogP contribution in [0.15, 0.2) is 42.5 Å². The molecule has 0 aromatic heterocycles. The molecule has 0 bridgehead atoms. The first kappa shape index (κ1) is 19.3. The van der Waals surface area contributed by atoms with Gasteiger partial charge in [-0.25, -0.2) is 0 Å². The van der Waals surface area contributed by atoms with Crippen molar-refractivity contribution in [2.24, 2.45) is 0 Å². The Morgan fingerprint density at radius 1 is 1.00 bits per heavy atom. The lowest BCUT2D eigenvalue weighted by Crippen LogP contribution is -2.25. The van der Waals surface area contributed by atoms with E-state index in [1.807, 2.05) is 13.8 Å². The second-order valence-corrected chi connectivity index (χ2v) is 5.57. The summed E-state index contributed by atoms with van der Waals surface area (Å²) in [6, 6.07) is 11.9. The third-order valence-electron chi connectivity index (χ3n) is 3.65. The van der Waals surface area contributed by atoms with Crippen molar-refractivity contribution in [1.29, 1.82) is 0 Å². The summed E-state index contributed by atoms with van der Waals surface area (Å²) in [6.45, 7) is 4.83. The van der Waals surface area contributed by atoms with Crippen LogP contribution in [-0.2, 0) is 0 Å². The molecule has 0 atom stereocenters. The van der Waals surface area contributed by atoms with E-state index in [1.165, 1.54) is 0 Å². The van der Waals surface area contributed by atoms with E-state index < -0.39 is 0 Å². The minimum atomic E-state index is -0.351. The minimum Gasteiger partial charge on any atom is -0.497 e. The Morgan fingerprint density at radius 3 is 2.46 bits per heavy atom. The normalized spacial score (nSPS) is 10.1. The molecule has 6 heteroatoms. The summed E-state index contributed by atoms with van der Waals surface area (Å²) in [5, 5.41) is 5.54. The fourth-order valence-corrected chi connectivity index (χ4v) is 2.38. The second kappa shape index (κ2) is 9.46. The van der Waals surface area contributed by atoms with Crippen LogP contribution >= 0.6 is 0 Å². The van der Waals surface area contributed by atoms with Crippen LogP contribution in [0, 0.1) is 0 Å². The van der Waals surface area contributed by atoms with Crippen LogP contribution in [0.1, 0.15) is 41.0 Å². The highest BCUT2D eigenvalue weighted by atomic mass is 16.5. The molecule has 0 spiro atoms. The van der Waals surface area contributed by atoms with Crippen molar-refractivity contribution in [3.63, 3.8) is 0 Å². The van der Waals surface area contributed by atoms with Crippen LogP contribution < -0.4 is 20.1 Å². The number of para-hydroxylation sites is 1. The molecule has 2 aromatic carbocycles. The van der Waals surface area contributed by atoms with E-state index in [0.717, 1.165) is 6.42 Å². The molecule has 2 N–H and O–H groups in total. The maximum Gasteiger partial charge on any atom is 0.259 e. The standard InChI is InChI=1S/C20H24N2O4/c1-4-12-26-18-13-14(25-3)10-11-16(18)20(24)22-17-9-7-6-8-15(17)19(23)21-5-2/h6-11,13H,4-5,12H2,1-3H3,(H,21,23)(H,22,24). The van der Waals surface area contributed by atoms with Gasteiger partial charge in [0.2, 0.25) is 0 Å². The first-order valence-corrected chi connectivity index (χ1v) is 8.60. The van der Waals surface area contributed by atoms with Crippen LogP contribution in [0.3, 0.4) is 0 Å². The van der Waals surface area contributed by atoms with E-state index in [0.29, 0.717) is 41.5 Å². The Bertz CT molecular complexity index is 774. The molecular formula is C20H24N2O4. The number of benzene rings is 2. The van der Waals surface area contributed by atoms with E-state index >= 15 is 0 Å². The predicted octanol–water partition coefficient (Wildman–Crippen LogP) is 3.49. The number of methoxy groups -OCH3 is 1. The average Bonchev–Trinajstić information content (AvgIpc) is 2.66. The Hall–Kier alpha value is -3.02. The summed E-state index contributed by atoms with van der Waals surface area (Å²) in [5.74, 6) is 0.464. The van der Waals surface area contributed by atoms with Gasteiger partial charge in [-0.3, -0.25) is 9.59 Å². The second-order valence-electron chi connectivity index (χ2n) is 5.57. The quantitative estimate of drug-likeness (QED) is 0.759. The Labute approximate surface area is 153 Å². The zero-order valence-electron chi connectivity index (χ0n) is 15.3. The third kappa shape index (κ3) is 4.75. The molecule has 0 unspecified atom stereocenters. The average molecular weight is 356 g/mol. The smallest absolute Gasteiger partial charge is 0.259 e. The molecule has 138 valence electrons. The summed E-state index contributed by atoms with van der Waals surface area (Å²) < 4.78 is 10.9. The highest BCUT2D eigenvalue weighted by Gasteiger charge is 2.17. The summed E-state index contributed by atoms with van der Waals surface area (Å²) in [4.78, 5) is 24.9. The lowest BCUT2D eigenvalue weighted by atomic mass is 10.1. The number of anilines is 1. The molecule has 0 radical (unpaired) electrons. The van der Waals surface area contributed by atoms with Crippen LogP contribution in [0.2, 0.25) is 0 Å². The number of hydrogen-bond acceptors (Lipinski definition) is 4. The van der Waals surface area contributed by atoms with Gasteiger partial charge in [-0.2, -0.15) is 0 Å². The minimum absolute atomic E-state index is 0.236. The largest absolute Gasteiger partial charge is 0.497 e. The lowest BCUT2D eigenvalue weighted by Gasteiger charge is -2.14. The van der Waals surface area contributed by atoms with Crippen LogP contribution in [0.5, 0.6) is 11.5 Å². The van der Waals surface area contributed by atoms with E-state index in [-0.39, 0.29) is 11.8 Å². The summed E-state index contributed by atoms with van der Waals surface area (Å²) in [5.41, 5.74) is 1.23. The molecule has 0 heterocycles. The fraction of sp³-hybridized carbons (Fsp3) is 0.300. The first-order chi connectivity index (χ1) is 12.6. The topological polar surface area (TPSA) is 76.7 Å². The number of nitrogens with one attached hydrogen (secondary N) is 2. The highest BCUT2D eigenvalue weighted by Crippen LogP contribution is 2.26. The number of hydrogen-bond donors (Lipinski definition) is 2. The first-order valence-electron chi connectivity index (χ1n) is 8.60. The summed E-state index contributed by atoms with van der Waals surface area (Å²) in [6.07, 6.45) is 0.818. The van der Waals surface area contributed by atoms with Gasteiger partial charge in [0, 0.05) is 12.6 Å². The monoisotopic (exact) mass is 356 g/mol. The van der Waals surface area contributed by atoms with Gasteiger partial charge < -0.3 is 20.1 Å². The zero-order valence-corrected chi connectivity index (χ0v) is 15.3. The molecule has 2 aromatic rings.